The van der Waals surface area contributed by atoms with Crippen LogP contribution in [0.2, 0.25) is 0 Å². The van der Waals surface area contributed by atoms with E-state index in [-0.39, 0.29) is 5.75 Å². The Morgan fingerprint density at radius 3 is 2.75 bits per heavy atom. The second-order valence-corrected chi connectivity index (χ2v) is 3.53. The van der Waals surface area contributed by atoms with E-state index >= 15 is 0 Å². The van der Waals surface area contributed by atoms with Crippen LogP contribution in [-0.4, -0.2) is 5.97 Å². The first-order valence-corrected chi connectivity index (χ1v) is 4.79. The number of esters is 1. The number of ether oxygens (including phenoxy) is 1. The molecule has 4 heteroatoms. The highest BCUT2D eigenvalue weighted by Crippen LogP contribution is 2.18. The van der Waals surface area contributed by atoms with Crippen molar-refractivity contribution in [3.63, 3.8) is 0 Å². The Kier molecular flexibility index (Phi) is 2.48. The molecular formula is C12H10O4. The number of hydrogen-bond acceptors (Lipinski definition) is 4. The van der Waals surface area contributed by atoms with Crippen molar-refractivity contribution in [1.82, 2.24) is 0 Å². The van der Waals surface area contributed by atoms with E-state index in [9.17, 15) is 9.59 Å². The minimum Gasteiger partial charge on any atom is -0.420 e. The van der Waals surface area contributed by atoms with Crippen LogP contribution in [0.1, 0.15) is 12.5 Å². The van der Waals surface area contributed by atoms with Crippen molar-refractivity contribution in [3.8, 4) is 5.75 Å². The van der Waals surface area contributed by atoms with Gasteiger partial charge in [0.15, 0.2) is 0 Å². The fraction of sp³-hybridized carbons (Fsp3) is 0.167. The van der Waals surface area contributed by atoms with Gasteiger partial charge >= 0.3 is 11.6 Å². The molecule has 0 saturated heterocycles. The average molecular weight is 218 g/mol. The van der Waals surface area contributed by atoms with Gasteiger partial charge in [-0.25, -0.2) is 4.79 Å². The van der Waals surface area contributed by atoms with E-state index in [2.05, 4.69) is 0 Å². The van der Waals surface area contributed by atoms with Crippen molar-refractivity contribution < 1.29 is 13.9 Å². The maximum atomic E-state index is 11.4. The Labute approximate surface area is 91.4 Å². The Morgan fingerprint density at radius 2 is 2.06 bits per heavy atom. The highest BCUT2D eigenvalue weighted by atomic mass is 16.5. The summed E-state index contributed by atoms with van der Waals surface area (Å²) in [7, 11) is 0. The molecule has 0 amide bonds. The summed E-state index contributed by atoms with van der Waals surface area (Å²) in [4.78, 5) is 22.2. The molecule has 0 radical (unpaired) electrons. The van der Waals surface area contributed by atoms with Crippen LogP contribution in [0.4, 0.5) is 0 Å². The molecule has 0 bridgehead atoms. The number of hydrogen-bond donors (Lipinski definition) is 0. The first-order valence-electron chi connectivity index (χ1n) is 4.79. The lowest BCUT2D eigenvalue weighted by atomic mass is 10.1. The van der Waals surface area contributed by atoms with Crippen molar-refractivity contribution in [2.75, 3.05) is 0 Å². The lowest BCUT2D eigenvalue weighted by Gasteiger charge is -2.02. The van der Waals surface area contributed by atoms with Crippen LogP contribution in [0.15, 0.2) is 33.5 Å². The third-order valence-corrected chi connectivity index (χ3v) is 2.11. The fourth-order valence-electron chi connectivity index (χ4n) is 1.45. The molecule has 0 fully saturated rings. The highest BCUT2D eigenvalue weighted by Gasteiger charge is 2.08. The standard InChI is InChI=1S/C12H10O4/c1-7-3-4-10-9(5-7)6-11(12(14)16-10)15-8(2)13/h3-6H,1-2H3. The van der Waals surface area contributed by atoms with Crippen LogP contribution in [0.3, 0.4) is 0 Å². The van der Waals surface area contributed by atoms with Crippen LogP contribution in [0, 0.1) is 6.92 Å². The normalized spacial score (nSPS) is 10.4. The zero-order valence-corrected chi connectivity index (χ0v) is 8.94. The van der Waals surface area contributed by atoms with Gasteiger partial charge in [0, 0.05) is 12.3 Å². The SMILES string of the molecule is CC(=O)Oc1cc2cc(C)ccc2oc1=O. The summed E-state index contributed by atoms with van der Waals surface area (Å²) in [5.41, 5.74) is 0.869. The molecule has 2 rings (SSSR count). The summed E-state index contributed by atoms with van der Waals surface area (Å²) < 4.78 is 9.76. The number of aryl methyl sites for hydroxylation is 1. The fourth-order valence-corrected chi connectivity index (χ4v) is 1.45. The van der Waals surface area contributed by atoms with Crippen molar-refractivity contribution >= 4 is 16.9 Å². The lowest BCUT2D eigenvalue weighted by molar-refractivity contribution is -0.132. The van der Waals surface area contributed by atoms with Crippen molar-refractivity contribution in [2.45, 2.75) is 13.8 Å². The summed E-state index contributed by atoms with van der Waals surface area (Å²) in [6, 6.07) is 6.92. The Hall–Kier alpha value is -2.10. The van der Waals surface area contributed by atoms with E-state index in [4.69, 9.17) is 9.15 Å². The van der Waals surface area contributed by atoms with Crippen LogP contribution in [0.5, 0.6) is 5.75 Å². The molecule has 16 heavy (non-hydrogen) atoms. The summed E-state index contributed by atoms with van der Waals surface area (Å²) >= 11 is 0. The van der Waals surface area contributed by atoms with Gasteiger partial charge in [0.05, 0.1) is 0 Å². The first-order chi connectivity index (χ1) is 7.56. The summed E-state index contributed by atoms with van der Waals surface area (Å²) in [5.74, 6) is -0.620. The second kappa shape index (κ2) is 3.81. The van der Waals surface area contributed by atoms with E-state index in [1.165, 1.54) is 13.0 Å². The molecule has 0 unspecified atom stereocenters. The first kappa shape index (κ1) is 10.4. The zero-order valence-electron chi connectivity index (χ0n) is 8.94. The topological polar surface area (TPSA) is 56.5 Å². The predicted molar refractivity (Wildman–Crippen MR) is 58.5 cm³/mol. The van der Waals surface area contributed by atoms with E-state index in [0.717, 1.165) is 10.9 Å². The highest BCUT2D eigenvalue weighted by molar-refractivity contribution is 5.79. The molecule has 1 aromatic heterocycles. The van der Waals surface area contributed by atoms with Gasteiger partial charge in [-0.15, -0.1) is 0 Å². The molecule has 1 heterocycles. The molecule has 82 valence electrons. The van der Waals surface area contributed by atoms with Crippen LogP contribution >= 0.6 is 0 Å². The van der Waals surface area contributed by atoms with Gasteiger partial charge in [-0.2, -0.15) is 0 Å². The molecule has 0 atom stereocenters. The zero-order chi connectivity index (χ0) is 11.7. The van der Waals surface area contributed by atoms with E-state index in [0.29, 0.717) is 5.58 Å². The van der Waals surface area contributed by atoms with Crippen LogP contribution in [-0.2, 0) is 4.79 Å². The van der Waals surface area contributed by atoms with E-state index < -0.39 is 11.6 Å². The van der Waals surface area contributed by atoms with Crippen molar-refractivity contribution in [1.29, 1.82) is 0 Å². The van der Waals surface area contributed by atoms with Crippen LogP contribution in [0.25, 0.3) is 11.0 Å². The van der Waals surface area contributed by atoms with E-state index in [1.54, 1.807) is 6.07 Å². The van der Waals surface area contributed by atoms with Gasteiger partial charge in [0.1, 0.15) is 5.58 Å². The van der Waals surface area contributed by atoms with Crippen LogP contribution < -0.4 is 10.4 Å². The number of carbonyl (C=O) groups is 1. The lowest BCUT2D eigenvalue weighted by Crippen LogP contribution is -2.10. The summed E-state index contributed by atoms with van der Waals surface area (Å²) in [6.45, 7) is 3.16. The molecule has 0 spiro atoms. The Morgan fingerprint density at radius 1 is 1.31 bits per heavy atom. The quantitative estimate of drug-likeness (QED) is 0.542. The monoisotopic (exact) mass is 218 g/mol. The summed E-state index contributed by atoms with van der Waals surface area (Å²) in [5, 5.41) is 0.732. The van der Waals surface area contributed by atoms with Crippen molar-refractivity contribution in [3.05, 3.63) is 40.2 Å². The minimum absolute atomic E-state index is 0.0781. The molecule has 0 N–H and O–H groups in total. The Bertz CT molecular complexity index is 610. The smallest absolute Gasteiger partial charge is 0.379 e. The summed E-state index contributed by atoms with van der Waals surface area (Å²) in [6.07, 6.45) is 0. The largest absolute Gasteiger partial charge is 0.420 e. The maximum Gasteiger partial charge on any atom is 0.379 e. The number of fused-ring (bicyclic) bond motifs is 1. The maximum absolute atomic E-state index is 11.4. The van der Waals surface area contributed by atoms with E-state index in [1.807, 2.05) is 19.1 Å². The van der Waals surface area contributed by atoms with Gasteiger partial charge in [0.2, 0.25) is 5.75 Å². The van der Waals surface area contributed by atoms with Crippen molar-refractivity contribution in [2.24, 2.45) is 0 Å². The predicted octanol–water partition coefficient (Wildman–Crippen LogP) is 2.03. The second-order valence-electron chi connectivity index (χ2n) is 3.53. The number of carbonyl (C=O) groups excluding carboxylic acids is 1. The molecule has 2 aromatic rings. The van der Waals surface area contributed by atoms with Gasteiger partial charge in [-0.05, 0) is 25.1 Å². The average Bonchev–Trinajstić information content (AvgIpc) is 2.19. The molecule has 4 nitrogen and oxygen atoms in total. The van der Waals surface area contributed by atoms with Gasteiger partial charge < -0.3 is 9.15 Å². The Balaban J connectivity index is 2.64. The molecule has 0 aliphatic heterocycles. The molecule has 0 aliphatic rings. The molecule has 0 saturated carbocycles. The third kappa shape index (κ3) is 1.95. The van der Waals surface area contributed by atoms with Gasteiger partial charge in [0.25, 0.3) is 0 Å². The molecular weight excluding hydrogens is 208 g/mol. The molecule has 1 aromatic carbocycles. The minimum atomic E-state index is -0.647. The molecule has 0 aliphatic carbocycles. The third-order valence-electron chi connectivity index (χ3n) is 2.11. The number of benzene rings is 1. The number of rotatable bonds is 1. The van der Waals surface area contributed by atoms with Gasteiger partial charge in [-0.3, -0.25) is 4.79 Å². The van der Waals surface area contributed by atoms with Gasteiger partial charge in [-0.1, -0.05) is 11.6 Å².